The molecule has 1 amide bonds. The molecule has 114 valence electrons. The van der Waals surface area contributed by atoms with Crippen molar-refractivity contribution in [2.24, 2.45) is 0 Å². The zero-order chi connectivity index (χ0) is 15.6. The van der Waals surface area contributed by atoms with Gasteiger partial charge in [-0.2, -0.15) is 0 Å². The first-order chi connectivity index (χ1) is 9.87. The van der Waals surface area contributed by atoms with Gasteiger partial charge in [-0.3, -0.25) is 4.79 Å². The van der Waals surface area contributed by atoms with E-state index < -0.39 is 17.4 Å². The Balaban J connectivity index is 2.24. The summed E-state index contributed by atoms with van der Waals surface area (Å²) in [6, 6.07) is 3.12. The Bertz CT molecular complexity index is 589. The molecule has 0 fully saturated rings. The second-order valence-corrected chi connectivity index (χ2v) is 5.89. The number of carboxylic acids is 1. The number of carbonyl (C=O) groups excluding carboxylic acids is 1. The predicted octanol–water partition coefficient (Wildman–Crippen LogP) is 2.55. The van der Waals surface area contributed by atoms with Gasteiger partial charge in [-0.05, 0) is 41.4 Å². The lowest BCUT2D eigenvalue weighted by molar-refractivity contribution is -0.144. The van der Waals surface area contributed by atoms with Gasteiger partial charge >= 0.3 is 5.97 Å². The second-order valence-electron chi connectivity index (χ2n) is 5.03. The lowest BCUT2D eigenvalue weighted by Crippen LogP contribution is -2.52. The average Bonchev–Trinajstić information content (AvgIpc) is 2.87. The molecule has 1 aromatic carbocycles. The van der Waals surface area contributed by atoms with Gasteiger partial charge in [-0.1, -0.05) is 13.3 Å². The molecule has 0 saturated carbocycles. The molecular weight excluding hydrogens is 342 g/mol. The molecule has 0 bridgehead atoms. The van der Waals surface area contributed by atoms with E-state index in [1.54, 1.807) is 6.07 Å². The highest BCUT2D eigenvalue weighted by Crippen LogP contribution is 2.40. The lowest BCUT2D eigenvalue weighted by Gasteiger charge is -2.25. The highest BCUT2D eigenvalue weighted by atomic mass is 79.9. The van der Waals surface area contributed by atoms with Crippen molar-refractivity contribution in [3.8, 4) is 11.5 Å². The standard InChI is InChI=1S/C14H16BrNO5/c1-3-4-14(2,13(18)19)16-12(17)8-5-9(15)11-10(6-8)20-7-21-11/h5-6H,3-4,7H2,1-2H3,(H,16,17)(H,18,19). The number of hydrogen-bond donors (Lipinski definition) is 2. The number of halogens is 1. The molecular formula is C14H16BrNO5. The smallest absolute Gasteiger partial charge is 0.329 e. The van der Waals surface area contributed by atoms with Gasteiger partial charge in [-0.25, -0.2) is 4.79 Å². The van der Waals surface area contributed by atoms with E-state index in [9.17, 15) is 14.7 Å². The van der Waals surface area contributed by atoms with Crippen molar-refractivity contribution in [2.75, 3.05) is 6.79 Å². The first kappa shape index (κ1) is 15.6. The quantitative estimate of drug-likeness (QED) is 0.845. The van der Waals surface area contributed by atoms with Crippen LogP contribution in [0.3, 0.4) is 0 Å². The van der Waals surface area contributed by atoms with E-state index in [-0.39, 0.29) is 6.79 Å². The van der Waals surface area contributed by atoms with Crippen molar-refractivity contribution in [3.63, 3.8) is 0 Å². The van der Waals surface area contributed by atoms with Crippen molar-refractivity contribution in [1.82, 2.24) is 5.32 Å². The minimum atomic E-state index is -1.30. The van der Waals surface area contributed by atoms with Gasteiger partial charge < -0.3 is 19.9 Å². The summed E-state index contributed by atoms with van der Waals surface area (Å²) in [6.45, 7) is 3.46. The molecule has 21 heavy (non-hydrogen) atoms. The number of aliphatic carboxylic acids is 1. The maximum atomic E-state index is 12.3. The fraction of sp³-hybridized carbons (Fsp3) is 0.429. The number of benzene rings is 1. The van der Waals surface area contributed by atoms with E-state index in [0.717, 1.165) is 0 Å². The molecule has 0 aromatic heterocycles. The number of fused-ring (bicyclic) bond motifs is 1. The summed E-state index contributed by atoms with van der Waals surface area (Å²) in [5, 5.41) is 11.9. The van der Waals surface area contributed by atoms with E-state index in [1.807, 2.05) is 6.92 Å². The lowest BCUT2D eigenvalue weighted by atomic mass is 9.95. The van der Waals surface area contributed by atoms with Crippen LogP contribution in [0.2, 0.25) is 0 Å². The zero-order valence-electron chi connectivity index (χ0n) is 11.7. The number of carboxylic acid groups (broad SMARTS) is 1. The third-order valence-corrected chi connectivity index (χ3v) is 3.89. The maximum Gasteiger partial charge on any atom is 0.329 e. The van der Waals surface area contributed by atoms with Crippen molar-refractivity contribution in [3.05, 3.63) is 22.2 Å². The summed E-state index contributed by atoms with van der Waals surface area (Å²) in [5.74, 6) is -0.520. The molecule has 0 saturated heterocycles. The van der Waals surface area contributed by atoms with Crippen LogP contribution in [0.25, 0.3) is 0 Å². The molecule has 2 rings (SSSR count). The van der Waals surface area contributed by atoms with E-state index in [4.69, 9.17) is 9.47 Å². The SMILES string of the molecule is CCCC(C)(NC(=O)c1cc(Br)c2c(c1)OCO2)C(=O)O. The van der Waals surface area contributed by atoms with Gasteiger partial charge in [0.25, 0.3) is 5.91 Å². The number of ether oxygens (including phenoxy) is 2. The van der Waals surface area contributed by atoms with Gasteiger partial charge in [0.05, 0.1) is 4.47 Å². The Morgan fingerprint density at radius 2 is 2.14 bits per heavy atom. The van der Waals surface area contributed by atoms with Crippen LogP contribution in [0, 0.1) is 0 Å². The monoisotopic (exact) mass is 357 g/mol. The van der Waals surface area contributed by atoms with Crippen LogP contribution in [-0.4, -0.2) is 29.3 Å². The van der Waals surface area contributed by atoms with E-state index in [1.165, 1.54) is 13.0 Å². The number of amides is 1. The maximum absolute atomic E-state index is 12.3. The van der Waals surface area contributed by atoms with Gasteiger partial charge in [-0.15, -0.1) is 0 Å². The van der Waals surface area contributed by atoms with E-state index >= 15 is 0 Å². The van der Waals surface area contributed by atoms with E-state index in [2.05, 4.69) is 21.2 Å². The Labute approximate surface area is 130 Å². The Morgan fingerprint density at radius 3 is 2.76 bits per heavy atom. The van der Waals surface area contributed by atoms with Crippen LogP contribution in [0.1, 0.15) is 37.0 Å². The largest absolute Gasteiger partial charge is 0.480 e. The molecule has 1 aliphatic rings. The number of hydrogen-bond acceptors (Lipinski definition) is 4. The fourth-order valence-corrected chi connectivity index (χ4v) is 2.70. The highest BCUT2D eigenvalue weighted by Gasteiger charge is 2.34. The van der Waals surface area contributed by atoms with Crippen LogP contribution >= 0.6 is 15.9 Å². The summed E-state index contributed by atoms with van der Waals surface area (Å²) in [6.07, 6.45) is 0.994. The summed E-state index contributed by atoms with van der Waals surface area (Å²) in [5.41, 5.74) is -0.982. The Hall–Kier alpha value is -1.76. The molecule has 1 heterocycles. The molecule has 6 nitrogen and oxygen atoms in total. The third-order valence-electron chi connectivity index (χ3n) is 3.30. The molecule has 1 atom stereocenters. The number of rotatable bonds is 5. The Kier molecular flexibility index (Phi) is 4.41. The third kappa shape index (κ3) is 3.12. The summed E-state index contributed by atoms with van der Waals surface area (Å²) in [7, 11) is 0. The van der Waals surface area contributed by atoms with Crippen molar-refractivity contribution in [1.29, 1.82) is 0 Å². The fourth-order valence-electron chi connectivity index (χ4n) is 2.14. The van der Waals surface area contributed by atoms with Crippen LogP contribution < -0.4 is 14.8 Å². The van der Waals surface area contributed by atoms with Crippen LogP contribution in [0.5, 0.6) is 11.5 Å². The molecule has 1 aliphatic heterocycles. The van der Waals surface area contributed by atoms with Crippen molar-refractivity contribution in [2.45, 2.75) is 32.2 Å². The van der Waals surface area contributed by atoms with Gasteiger partial charge in [0.2, 0.25) is 6.79 Å². The summed E-state index contributed by atoms with van der Waals surface area (Å²) >= 11 is 3.30. The number of carbonyl (C=O) groups is 2. The Morgan fingerprint density at radius 1 is 1.43 bits per heavy atom. The van der Waals surface area contributed by atoms with E-state index in [0.29, 0.717) is 34.4 Å². The van der Waals surface area contributed by atoms with Crippen LogP contribution in [0.15, 0.2) is 16.6 Å². The first-order valence-electron chi connectivity index (χ1n) is 6.52. The first-order valence-corrected chi connectivity index (χ1v) is 7.31. The predicted molar refractivity (Wildman–Crippen MR) is 78.7 cm³/mol. The van der Waals surface area contributed by atoms with Gasteiger partial charge in [0.1, 0.15) is 5.54 Å². The minimum Gasteiger partial charge on any atom is -0.480 e. The van der Waals surface area contributed by atoms with Gasteiger partial charge in [0, 0.05) is 5.56 Å². The van der Waals surface area contributed by atoms with Crippen LogP contribution in [0.4, 0.5) is 0 Å². The minimum absolute atomic E-state index is 0.0989. The zero-order valence-corrected chi connectivity index (χ0v) is 13.3. The second kappa shape index (κ2) is 5.93. The summed E-state index contributed by atoms with van der Waals surface area (Å²) in [4.78, 5) is 23.7. The topological polar surface area (TPSA) is 84.9 Å². The summed E-state index contributed by atoms with van der Waals surface area (Å²) < 4.78 is 11.1. The molecule has 1 aromatic rings. The average molecular weight is 358 g/mol. The highest BCUT2D eigenvalue weighted by molar-refractivity contribution is 9.10. The molecule has 0 radical (unpaired) electrons. The molecule has 0 aliphatic carbocycles. The normalized spacial score (nSPS) is 15.4. The van der Waals surface area contributed by atoms with Crippen molar-refractivity contribution >= 4 is 27.8 Å². The molecule has 2 N–H and O–H groups in total. The number of nitrogens with one attached hydrogen (secondary N) is 1. The molecule has 7 heteroatoms. The van der Waals surface area contributed by atoms with Crippen molar-refractivity contribution < 1.29 is 24.2 Å². The molecule has 0 spiro atoms. The molecule has 1 unspecified atom stereocenters. The van der Waals surface area contributed by atoms with Gasteiger partial charge in [0.15, 0.2) is 11.5 Å². The van der Waals surface area contributed by atoms with Crippen LogP contribution in [-0.2, 0) is 4.79 Å².